The number of fused-ring (bicyclic) bond motifs is 1. The molecule has 3 rings (SSSR count). The molecule has 0 aliphatic rings. The minimum absolute atomic E-state index is 0.0640. The van der Waals surface area contributed by atoms with Gasteiger partial charge in [-0.3, -0.25) is 0 Å². The third-order valence-corrected chi connectivity index (χ3v) is 4.51. The molecule has 0 amide bonds. The molecule has 0 aliphatic heterocycles. The van der Waals surface area contributed by atoms with Crippen LogP contribution in [0.4, 0.5) is 4.39 Å². The second-order valence-electron chi connectivity index (χ2n) is 6.75. The summed E-state index contributed by atoms with van der Waals surface area (Å²) in [4.78, 5) is 12.3. The van der Waals surface area contributed by atoms with Crippen molar-refractivity contribution in [1.29, 1.82) is 0 Å². The Morgan fingerprint density at radius 1 is 0.964 bits per heavy atom. The molecule has 0 saturated heterocycles. The number of hydrogen-bond acceptors (Lipinski definition) is 4. The number of unbranched alkanes of at least 4 members (excludes halogenated alkanes) is 1. The van der Waals surface area contributed by atoms with Gasteiger partial charge in [0.2, 0.25) is 0 Å². The van der Waals surface area contributed by atoms with E-state index in [4.69, 9.17) is 13.9 Å². The van der Waals surface area contributed by atoms with Crippen LogP contribution in [-0.2, 0) is 13.0 Å². The van der Waals surface area contributed by atoms with Crippen molar-refractivity contribution >= 4 is 10.8 Å². The van der Waals surface area contributed by atoms with Crippen molar-refractivity contribution in [3.8, 4) is 11.7 Å². The number of rotatable bonds is 9. The predicted molar refractivity (Wildman–Crippen MR) is 108 cm³/mol. The van der Waals surface area contributed by atoms with Crippen LogP contribution >= 0.6 is 0 Å². The highest BCUT2D eigenvalue weighted by Crippen LogP contribution is 2.27. The fourth-order valence-corrected chi connectivity index (χ4v) is 2.95. The second-order valence-corrected chi connectivity index (χ2v) is 6.75. The molecule has 0 bridgehead atoms. The lowest BCUT2D eigenvalue weighted by Gasteiger charge is -2.09. The quantitative estimate of drug-likeness (QED) is 0.448. The van der Waals surface area contributed by atoms with Crippen LogP contribution in [0.5, 0.6) is 11.7 Å². The largest absolute Gasteiger partial charge is 0.490 e. The van der Waals surface area contributed by atoms with Gasteiger partial charge >= 0.3 is 5.63 Å². The molecule has 0 unspecified atom stereocenters. The highest BCUT2D eigenvalue weighted by Gasteiger charge is 2.15. The van der Waals surface area contributed by atoms with Gasteiger partial charge in [-0.15, -0.1) is 0 Å². The van der Waals surface area contributed by atoms with Gasteiger partial charge in [-0.2, -0.15) is 0 Å². The molecule has 0 saturated carbocycles. The fraction of sp³-hybridized carbons (Fsp3) is 0.348. The van der Waals surface area contributed by atoms with Crippen molar-refractivity contribution in [2.75, 3.05) is 6.61 Å². The van der Waals surface area contributed by atoms with E-state index in [1.807, 2.05) is 19.1 Å². The third kappa shape index (κ3) is 4.71. The summed E-state index contributed by atoms with van der Waals surface area (Å²) in [6, 6.07) is 12.8. The van der Waals surface area contributed by atoms with E-state index in [1.165, 1.54) is 17.7 Å². The van der Waals surface area contributed by atoms with Gasteiger partial charge in [0.15, 0.2) is 11.6 Å². The maximum atomic E-state index is 14.6. The van der Waals surface area contributed by atoms with Gasteiger partial charge in [0.05, 0.1) is 6.61 Å². The normalized spacial score (nSPS) is 11.0. The fourth-order valence-electron chi connectivity index (χ4n) is 2.95. The molecule has 2 aromatic carbocycles. The predicted octanol–water partition coefficient (Wildman–Crippen LogP) is 5.64. The first-order valence-corrected chi connectivity index (χ1v) is 9.72. The van der Waals surface area contributed by atoms with Crippen LogP contribution in [0, 0.1) is 5.82 Å². The number of ether oxygens (including phenoxy) is 2. The van der Waals surface area contributed by atoms with E-state index in [2.05, 4.69) is 19.1 Å². The first-order valence-electron chi connectivity index (χ1n) is 9.72. The smallest absolute Gasteiger partial charge is 0.349 e. The average Bonchev–Trinajstić information content (AvgIpc) is 2.69. The molecule has 0 fully saturated rings. The summed E-state index contributed by atoms with van der Waals surface area (Å²) in [7, 11) is 0. The van der Waals surface area contributed by atoms with Gasteiger partial charge < -0.3 is 13.9 Å². The van der Waals surface area contributed by atoms with Crippen LogP contribution in [0.1, 0.15) is 44.2 Å². The molecule has 4 nitrogen and oxygen atoms in total. The number of benzene rings is 2. The Bertz CT molecular complexity index is 976. The number of aryl methyl sites for hydroxylation is 1. The summed E-state index contributed by atoms with van der Waals surface area (Å²) in [6.45, 7) is 4.84. The van der Waals surface area contributed by atoms with Crippen molar-refractivity contribution in [2.24, 2.45) is 0 Å². The topological polar surface area (TPSA) is 48.7 Å². The molecule has 5 heteroatoms. The summed E-state index contributed by atoms with van der Waals surface area (Å²) in [5.74, 6) is -0.566. The highest BCUT2D eigenvalue weighted by atomic mass is 19.1. The van der Waals surface area contributed by atoms with Crippen LogP contribution in [0.2, 0.25) is 0 Å². The average molecular weight is 384 g/mol. The zero-order valence-corrected chi connectivity index (χ0v) is 16.3. The zero-order valence-electron chi connectivity index (χ0n) is 16.3. The van der Waals surface area contributed by atoms with E-state index in [-0.39, 0.29) is 23.7 Å². The van der Waals surface area contributed by atoms with Gasteiger partial charge in [-0.1, -0.05) is 51.0 Å². The van der Waals surface area contributed by atoms with Crippen LogP contribution in [-0.4, -0.2) is 6.61 Å². The minimum Gasteiger partial charge on any atom is -0.490 e. The van der Waals surface area contributed by atoms with Gasteiger partial charge in [-0.25, -0.2) is 9.18 Å². The van der Waals surface area contributed by atoms with Gasteiger partial charge in [-0.05, 0) is 41.5 Å². The summed E-state index contributed by atoms with van der Waals surface area (Å²) in [6.07, 6.45) is 3.90. The van der Waals surface area contributed by atoms with Crippen molar-refractivity contribution in [2.45, 2.75) is 46.1 Å². The lowest BCUT2D eigenvalue weighted by atomic mass is 10.1. The Morgan fingerprint density at radius 3 is 2.43 bits per heavy atom. The lowest BCUT2D eigenvalue weighted by molar-refractivity contribution is 0.222. The van der Waals surface area contributed by atoms with E-state index in [0.717, 1.165) is 31.2 Å². The molecule has 0 atom stereocenters. The van der Waals surface area contributed by atoms with Gasteiger partial charge in [0, 0.05) is 6.07 Å². The molecule has 28 heavy (non-hydrogen) atoms. The van der Waals surface area contributed by atoms with Crippen LogP contribution in [0.25, 0.3) is 10.8 Å². The van der Waals surface area contributed by atoms with Crippen LogP contribution in [0.15, 0.2) is 51.7 Å². The van der Waals surface area contributed by atoms with Crippen molar-refractivity contribution in [3.63, 3.8) is 0 Å². The van der Waals surface area contributed by atoms with Crippen molar-refractivity contribution in [3.05, 3.63) is 69.8 Å². The molecule has 0 N–H and O–H groups in total. The van der Waals surface area contributed by atoms with Crippen LogP contribution < -0.4 is 15.1 Å². The van der Waals surface area contributed by atoms with Crippen molar-refractivity contribution < 1.29 is 18.3 Å². The first kappa shape index (κ1) is 19.9. The summed E-state index contributed by atoms with van der Waals surface area (Å²) in [5.41, 5.74) is 1.47. The molecule has 0 radical (unpaired) electrons. The number of hydrogen-bond donors (Lipinski definition) is 0. The Kier molecular flexibility index (Phi) is 6.69. The van der Waals surface area contributed by atoms with E-state index < -0.39 is 11.4 Å². The van der Waals surface area contributed by atoms with E-state index in [1.54, 1.807) is 6.07 Å². The minimum atomic E-state index is -0.774. The number of halogens is 1. The summed E-state index contributed by atoms with van der Waals surface area (Å²) < 4.78 is 30.8. The van der Waals surface area contributed by atoms with Gasteiger partial charge in [0.25, 0.3) is 5.95 Å². The Hall–Kier alpha value is -2.82. The van der Waals surface area contributed by atoms with E-state index >= 15 is 0 Å². The first-order chi connectivity index (χ1) is 13.6. The maximum absolute atomic E-state index is 14.6. The zero-order chi connectivity index (χ0) is 19.9. The molecule has 0 spiro atoms. The lowest BCUT2D eigenvalue weighted by Crippen LogP contribution is -2.07. The molecule has 3 aromatic rings. The molecule has 1 heterocycles. The molecular formula is C23H25FO4. The molecule has 0 aliphatic carbocycles. The molecule has 1 aromatic heterocycles. The molecule has 148 valence electrons. The van der Waals surface area contributed by atoms with Crippen LogP contribution in [0.3, 0.4) is 0 Å². The SMILES string of the molecule is CCCCOc1ccc2cc(OCc3ccc(CCC)cc3)oc(=O)c2c1F. The molecular weight excluding hydrogens is 359 g/mol. The Balaban J connectivity index is 1.76. The monoisotopic (exact) mass is 384 g/mol. The standard InChI is InChI=1S/C23H25FO4/c1-3-5-13-26-19-12-11-18-14-20(28-23(25)21(18)22(19)24)27-15-17-9-7-16(6-4-2)8-10-17/h7-12,14H,3-6,13,15H2,1-2H3. The van der Waals surface area contributed by atoms with E-state index in [0.29, 0.717) is 12.0 Å². The third-order valence-electron chi connectivity index (χ3n) is 4.51. The Labute approximate surface area is 163 Å². The summed E-state index contributed by atoms with van der Waals surface area (Å²) in [5, 5.41) is 0.301. The summed E-state index contributed by atoms with van der Waals surface area (Å²) >= 11 is 0. The highest BCUT2D eigenvalue weighted by molar-refractivity contribution is 5.84. The Morgan fingerprint density at radius 2 is 1.71 bits per heavy atom. The second kappa shape index (κ2) is 9.40. The van der Waals surface area contributed by atoms with E-state index in [9.17, 15) is 9.18 Å². The maximum Gasteiger partial charge on any atom is 0.349 e. The van der Waals surface area contributed by atoms with Gasteiger partial charge in [0.1, 0.15) is 12.0 Å². The van der Waals surface area contributed by atoms with Crippen molar-refractivity contribution in [1.82, 2.24) is 0 Å².